The zero-order valence-electron chi connectivity index (χ0n) is 8.58. The van der Waals surface area contributed by atoms with Gasteiger partial charge in [-0.25, -0.2) is 0 Å². The highest BCUT2D eigenvalue weighted by molar-refractivity contribution is 6.30. The number of ether oxygens (including phenoxy) is 1. The normalized spacial score (nSPS) is 26.3. The Balaban J connectivity index is 1.89. The first-order valence-electron chi connectivity index (χ1n) is 5.33. The van der Waals surface area contributed by atoms with Crippen molar-refractivity contribution in [2.24, 2.45) is 5.73 Å². The summed E-state index contributed by atoms with van der Waals surface area (Å²) in [5, 5.41) is 0.688. The van der Waals surface area contributed by atoms with Gasteiger partial charge in [-0.1, -0.05) is 11.6 Å². The van der Waals surface area contributed by atoms with Gasteiger partial charge in [-0.2, -0.15) is 0 Å². The van der Waals surface area contributed by atoms with Crippen LogP contribution >= 0.6 is 11.6 Å². The van der Waals surface area contributed by atoms with Crippen LogP contribution in [0.2, 0.25) is 5.02 Å². The van der Waals surface area contributed by atoms with Gasteiger partial charge in [0.25, 0.3) is 0 Å². The minimum Gasteiger partial charge on any atom is -0.490 e. The Kier molecular flexibility index (Phi) is 3.49. The van der Waals surface area contributed by atoms with Crippen molar-refractivity contribution in [1.29, 1.82) is 0 Å². The number of hydrogen-bond acceptors (Lipinski definition) is 2. The second kappa shape index (κ2) is 4.86. The van der Waals surface area contributed by atoms with Crippen LogP contribution in [-0.2, 0) is 0 Å². The van der Waals surface area contributed by atoms with Gasteiger partial charge >= 0.3 is 0 Å². The maximum Gasteiger partial charge on any atom is 0.127 e. The third-order valence-electron chi connectivity index (χ3n) is 2.76. The van der Waals surface area contributed by atoms with Crippen molar-refractivity contribution in [1.82, 2.24) is 0 Å². The van der Waals surface area contributed by atoms with Crippen LogP contribution in [0, 0.1) is 6.07 Å². The van der Waals surface area contributed by atoms with Crippen molar-refractivity contribution >= 4 is 11.6 Å². The fourth-order valence-electron chi connectivity index (χ4n) is 1.85. The van der Waals surface area contributed by atoms with Gasteiger partial charge in [0.15, 0.2) is 0 Å². The van der Waals surface area contributed by atoms with Gasteiger partial charge in [0.05, 0.1) is 6.10 Å². The SMILES string of the molecule is NC1CCC(Oc2[c]cc(Cl)cc2)CC1. The largest absolute Gasteiger partial charge is 0.490 e. The second-order valence-corrected chi connectivity index (χ2v) is 4.46. The summed E-state index contributed by atoms with van der Waals surface area (Å²) in [5.74, 6) is 0.778. The lowest BCUT2D eigenvalue weighted by molar-refractivity contribution is 0.147. The van der Waals surface area contributed by atoms with E-state index in [-0.39, 0.29) is 0 Å². The summed E-state index contributed by atoms with van der Waals surface area (Å²) in [5.41, 5.74) is 5.83. The standard InChI is InChI=1S/C12H15ClNO/c13-9-1-5-11(6-2-9)15-12-7-3-10(14)4-8-12/h1-2,5,10,12H,3-4,7-8,14H2. The van der Waals surface area contributed by atoms with Crippen LogP contribution in [0.25, 0.3) is 0 Å². The molecule has 1 radical (unpaired) electrons. The number of nitrogens with two attached hydrogens (primary N) is 1. The molecule has 3 heteroatoms. The zero-order chi connectivity index (χ0) is 10.7. The van der Waals surface area contributed by atoms with Crippen molar-refractivity contribution in [3.8, 4) is 5.75 Å². The van der Waals surface area contributed by atoms with E-state index in [0.29, 0.717) is 17.2 Å². The first-order chi connectivity index (χ1) is 7.24. The molecule has 1 saturated carbocycles. The molecule has 0 heterocycles. The molecule has 1 aromatic rings. The van der Waals surface area contributed by atoms with E-state index in [9.17, 15) is 0 Å². The van der Waals surface area contributed by atoms with Crippen LogP contribution in [-0.4, -0.2) is 12.1 Å². The Morgan fingerprint density at radius 3 is 2.60 bits per heavy atom. The molecule has 0 saturated heterocycles. The molecule has 0 amide bonds. The minimum absolute atomic E-state index is 0.294. The molecule has 1 fully saturated rings. The molecular weight excluding hydrogens is 210 g/mol. The topological polar surface area (TPSA) is 35.2 Å². The second-order valence-electron chi connectivity index (χ2n) is 4.03. The fourth-order valence-corrected chi connectivity index (χ4v) is 1.97. The molecule has 2 nitrogen and oxygen atoms in total. The number of halogens is 1. The van der Waals surface area contributed by atoms with E-state index in [1.165, 1.54) is 0 Å². The molecule has 0 aromatic heterocycles. The van der Waals surface area contributed by atoms with E-state index in [4.69, 9.17) is 22.1 Å². The van der Waals surface area contributed by atoms with E-state index in [1.54, 1.807) is 6.07 Å². The maximum atomic E-state index is 5.83. The predicted molar refractivity (Wildman–Crippen MR) is 61.1 cm³/mol. The van der Waals surface area contributed by atoms with Crippen LogP contribution in [0.3, 0.4) is 0 Å². The fraction of sp³-hybridized carbons (Fsp3) is 0.500. The molecule has 0 atom stereocenters. The summed E-state index contributed by atoms with van der Waals surface area (Å²) in [6.45, 7) is 0. The average Bonchev–Trinajstić information content (AvgIpc) is 2.25. The molecule has 0 unspecified atom stereocenters. The van der Waals surface area contributed by atoms with Gasteiger partial charge < -0.3 is 10.5 Å². The van der Waals surface area contributed by atoms with Crippen molar-refractivity contribution in [2.45, 2.75) is 37.8 Å². The Bertz CT molecular complexity index is 304. The highest BCUT2D eigenvalue weighted by atomic mass is 35.5. The predicted octanol–water partition coefficient (Wildman–Crippen LogP) is 2.79. The molecule has 1 aliphatic rings. The zero-order valence-corrected chi connectivity index (χ0v) is 9.33. The molecule has 2 rings (SSSR count). The first kappa shape index (κ1) is 10.8. The van der Waals surface area contributed by atoms with Crippen LogP contribution in [0.4, 0.5) is 0 Å². The summed E-state index contributed by atoms with van der Waals surface area (Å²) >= 11 is 5.77. The minimum atomic E-state index is 0.294. The van der Waals surface area contributed by atoms with E-state index >= 15 is 0 Å². The lowest BCUT2D eigenvalue weighted by atomic mass is 9.94. The molecule has 0 aliphatic heterocycles. The van der Waals surface area contributed by atoms with Crippen LogP contribution in [0.5, 0.6) is 5.75 Å². The van der Waals surface area contributed by atoms with E-state index in [0.717, 1.165) is 31.4 Å². The van der Waals surface area contributed by atoms with Crippen LogP contribution in [0.1, 0.15) is 25.7 Å². The molecule has 0 bridgehead atoms. The van der Waals surface area contributed by atoms with E-state index < -0.39 is 0 Å². The van der Waals surface area contributed by atoms with Gasteiger partial charge in [0, 0.05) is 17.1 Å². The Hall–Kier alpha value is -0.730. The van der Waals surface area contributed by atoms with Gasteiger partial charge in [-0.05, 0) is 43.9 Å². The summed E-state index contributed by atoms with van der Waals surface area (Å²) in [4.78, 5) is 0. The highest BCUT2D eigenvalue weighted by Crippen LogP contribution is 2.23. The Morgan fingerprint density at radius 1 is 1.27 bits per heavy atom. The first-order valence-corrected chi connectivity index (χ1v) is 5.71. The van der Waals surface area contributed by atoms with Gasteiger partial charge in [0.2, 0.25) is 0 Å². The number of hydrogen-bond donors (Lipinski definition) is 1. The van der Waals surface area contributed by atoms with Crippen molar-refractivity contribution in [2.75, 3.05) is 0 Å². The molecule has 15 heavy (non-hydrogen) atoms. The van der Waals surface area contributed by atoms with Gasteiger partial charge in [-0.3, -0.25) is 0 Å². The van der Waals surface area contributed by atoms with Crippen LogP contribution in [0.15, 0.2) is 18.2 Å². The maximum absolute atomic E-state index is 5.83. The number of rotatable bonds is 2. The summed E-state index contributed by atoms with van der Waals surface area (Å²) in [6, 6.07) is 8.78. The average molecular weight is 225 g/mol. The van der Waals surface area contributed by atoms with Crippen molar-refractivity contribution in [3.63, 3.8) is 0 Å². The Morgan fingerprint density at radius 2 is 2.00 bits per heavy atom. The van der Waals surface area contributed by atoms with Gasteiger partial charge in [-0.15, -0.1) is 0 Å². The van der Waals surface area contributed by atoms with Crippen molar-refractivity contribution < 1.29 is 4.74 Å². The molecule has 1 aliphatic carbocycles. The Labute approximate surface area is 95.4 Å². The quantitative estimate of drug-likeness (QED) is 0.839. The molecule has 81 valence electrons. The summed E-state index contributed by atoms with van der Waals surface area (Å²) < 4.78 is 5.79. The molecule has 2 N–H and O–H groups in total. The lowest BCUT2D eigenvalue weighted by Gasteiger charge is -2.26. The van der Waals surface area contributed by atoms with Crippen molar-refractivity contribution in [3.05, 3.63) is 29.3 Å². The monoisotopic (exact) mass is 224 g/mol. The van der Waals surface area contributed by atoms with Crippen LogP contribution < -0.4 is 10.5 Å². The smallest absolute Gasteiger partial charge is 0.127 e. The highest BCUT2D eigenvalue weighted by Gasteiger charge is 2.19. The summed E-state index contributed by atoms with van der Waals surface area (Å²) in [6.07, 6.45) is 4.48. The van der Waals surface area contributed by atoms with Gasteiger partial charge in [0.1, 0.15) is 5.75 Å². The summed E-state index contributed by atoms with van der Waals surface area (Å²) in [7, 11) is 0. The number of benzene rings is 1. The molecular formula is C12H15ClNO. The third-order valence-corrected chi connectivity index (χ3v) is 2.99. The molecule has 1 aromatic carbocycles. The van der Waals surface area contributed by atoms with E-state index in [1.807, 2.05) is 12.1 Å². The lowest BCUT2D eigenvalue weighted by Crippen LogP contribution is -2.31. The third kappa shape index (κ3) is 3.11. The van der Waals surface area contributed by atoms with E-state index in [2.05, 4.69) is 6.07 Å². The molecule has 0 spiro atoms.